The van der Waals surface area contributed by atoms with Crippen LogP contribution in [0, 0.1) is 0 Å². The van der Waals surface area contributed by atoms with Crippen LogP contribution in [0.3, 0.4) is 0 Å². The Kier molecular flexibility index (Phi) is 5.66. The van der Waals surface area contributed by atoms with Crippen molar-refractivity contribution < 1.29 is 9.84 Å². The van der Waals surface area contributed by atoms with Crippen molar-refractivity contribution in [1.29, 1.82) is 0 Å². The molecule has 0 aromatic heterocycles. The molecule has 0 bridgehead atoms. The normalized spacial score (nSPS) is 19.9. The van der Waals surface area contributed by atoms with Crippen LogP contribution in [0.5, 0.6) is 0 Å². The molecule has 1 saturated heterocycles. The molecule has 0 radical (unpaired) electrons. The lowest BCUT2D eigenvalue weighted by molar-refractivity contribution is 0.00352. The fourth-order valence-corrected chi connectivity index (χ4v) is 2.74. The van der Waals surface area contributed by atoms with Gasteiger partial charge >= 0.3 is 0 Å². The molecule has 2 N–H and O–H groups in total. The predicted molar refractivity (Wildman–Crippen MR) is 89.8 cm³/mol. The summed E-state index contributed by atoms with van der Waals surface area (Å²) in [5, 5.41) is 12.9. The number of morpholine rings is 1. The molecule has 118 valence electrons. The first-order chi connectivity index (χ1) is 9.89. The van der Waals surface area contributed by atoms with Crippen LogP contribution in [0.25, 0.3) is 0 Å². The first-order valence-corrected chi connectivity index (χ1v) is 8.19. The van der Waals surface area contributed by atoms with Gasteiger partial charge in [-0.05, 0) is 38.5 Å². The van der Waals surface area contributed by atoms with Crippen LogP contribution in [0.15, 0.2) is 22.7 Å². The molecular weight excluding hydrogens is 332 g/mol. The summed E-state index contributed by atoms with van der Waals surface area (Å²) in [6.07, 6.45) is -0.0962. The van der Waals surface area contributed by atoms with Crippen molar-refractivity contribution in [2.24, 2.45) is 0 Å². The second-order valence-electron chi connectivity index (χ2n) is 6.50. The summed E-state index contributed by atoms with van der Waals surface area (Å²) in [5.41, 5.74) is 2.57. The molecule has 1 heterocycles. The maximum absolute atomic E-state index is 9.32. The number of anilines is 1. The van der Waals surface area contributed by atoms with E-state index in [1.807, 2.05) is 0 Å². The van der Waals surface area contributed by atoms with Crippen molar-refractivity contribution in [3.8, 4) is 0 Å². The van der Waals surface area contributed by atoms with E-state index in [1.165, 1.54) is 11.3 Å². The van der Waals surface area contributed by atoms with Gasteiger partial charge in [0.15, 0.2) is 0 Å². The van der Waals surface area contributed by atoms with Crippen LogP contribution in [0.2, 0.25) is 0 Å². The molecule has 1 fully saturated rings. The van der Waals surface area contributed by atoms with E-state index in [0.29, 0.717) is 6.61 Å². The molecule has 5 heteroatoms. The van der Waals surface area contributed by atoms with Crippen LogP contribution in [0.1, 0.15) is 26.3 Å². The van der Waals surface area contributed by atoms with Gasteiger partial charge in [0.1, 0.15) is 0 Å². The molecule has 1 aromatic carbocycles. The topological polar surface area (TPSA) is 44.7 Å². The summed E-state index contributed by atoms with van der Waals surface area (Å²) < 4.78 is 6.62. The summed E-state index contributed by atoms with van der Waals surface area (Å²) in [7, 11) is 0. The Morgan fingerprint density at radius 1 is 1.43 bits per heavy atom. The van der Waals surface area contributed by atoms with Gasteiger partial charge in [0.05, 0.1) is 19.3 Å². The molecule has 1 aromatic rings. The van der Waals surface area contributed by atoms with Gasteiger partial charge in [0.25, 0.3) is 0 Å². The monoisotopic (exact) mass is 356 g/mol. The van der Waals surface area contributed by atoms with Gasteiger partial charge in [-0.3, -0.25) is 0 Å². The van der Waals surface area contributed by atoms with Gasteiger partial charge in [-0.2, -0.15) is 0 Å². The number of halogens is 1. The fourth-order valence-electron chi connectivity index (χ4n) is 2.39. The third-order valence-corrected chi connectivity index (χ3v) is 4.03. The van der Waals surface area contributed by atoms with Crippen molar-refractivity contribution in [3.05, 3.63) is 28.2 Å². The molecule has 0 aliphatic carbocycles. The van der Waals surface area contributed by atoms with E-state index >= 15 is 0 Å². The number of hydrogen-bond acceptors (Lipinski definition) is 4. The van der Waals surface area contributed by atoms with Gasteiger partial charge < -0.3 is 20.1 Å². The number of nitrogens with one attached hydrogen (secondary N) is 1. The zero-order valence-corrected chi connectivity index (χ0v) is 14.6. The van der Waals surface area contributed by atoms with Gasteiger partial charge in [0.2, 0.25) is 0 Å². The number of aliphatic hydroxyl groups is 1. The van der Waals surface area contributed by atoms with Gasteiger partial charge in [-0.15, -0.1) is 0 Å². The predicted octanol–water partition coefficient (Wildman–Crippen LogP) is 2.53. The largest absolute Gasteiger partial charge is 0.394 e. The number of ether oxygens (including phenoxy) is 1. The quantitative estimate of drug-likeness (QED) is 0.869. The maximum atomic E-state index is 9.32. The molecule has 2 rings (SSSR count). The van der Waals surface area contributed by atoms with Crippen LogP contribution >= 0.6 is 15.9 Å². The average molecular weight is 357 g/mol. The number of benzene rings is 1. The van der Waals surface area contributed by atoms with Gasteiger partial charge in [-0.25, -0.2) is 0 Å². The van der Waals surface area contributed by atoms with E-state index in [4.69, 9.17) is 4.74 Å². The van der Waals surface area contributed by atoms with Crippen molar-refractivity contribution in [3.63, 3.8) is 0 Å². The SMILES string of the molecule is CC(C)(C)NCc1ccc(Br)cc1N1CCOC(CO)C1. The standard InChI is InChI=1S/C16H25BrN2O2/c1-16(2,3)18-9-12-4-5-13(17)8-15(12)19-6-7-21-14(10-19)11-20/h4-5,8,14,18,20H,6-7,9-11H2,1-3H3. The van der Waals surface area contributed by atoms with E-state index in [9.17, 15) is 5.11 Å². The van der Waals surface area contributed by atoms with Crippen molar-refractivity contribution in [2.75, 3.05) is 31.2 Å². The highest BCUT2D eigenvalue weighted by molar-refractivity contribution is 9.10. The van der Waals surface area contributed by atoms with E-state index in [0.717, 1.165) is 24.1 Å². The van der Waals surface area contributed by atoms with Crippen LogP contribution in [-0.4, -0.2) is 43.1 Å². The van der Waals surface area contributed by atoms with Crippen LogP contribution in [-0.2, 0) is 11.3 Å². The number of rotatable bonds is 4. The molecule has 1 aliphatic rings. The minimum atomic E-state index is -0.0962. The Morgan fingerprint density at radius 2 is 2.19 bits per heavy atom. The highest BCUT2D eigenvalue weighted by atomic mass is 79.9. The molecule has 1 aliphatic heterocycles. The van der Waals surface area contributed by atoms with Crippen LogP contribution in [0.4, 0.5) is 5.69 Å². The first kappa shape index (κ1) is 16.7. The lowest BCUT2D eigenvalue weighted by atomic mass is 10.1. The lowest BCUT2D eigenvalue weighted by Crippen LogP contribution is -2.44. The minimum Gasteiger partial charge on any atom is -0.394 e. The van der Waals surface area contributed by atoms with Crippen molar-refractivity contribution >= 4 is 21.6 Å². The highest BCUT2D eigenvalue weighted by Gasteiger charge is 2.22. The minimum absolute atomic E-state index is 0.0695. The number of nitrogens with zero attached hydrogens (tertiary/aromatic N) is 1. The van der Waals surface area contributed by atoms with Crippen molar-refractivity contribution in [2.45, 2.75) is 39.0 Å². The Labute approximate surface area is 135 Å². The summed E-state index contributed by atoms with van der Waals surface area (Å²) in [6.45, 7) is 9.65. The van der Waals surface area contributed by atoms with Gasteiger partial charge in [-0.1, -0.05) is 22.0 Å². The highest BCUT2D eigenvalue weighted by Crippen LogP contribution is 2.27. The molecule has 1 atom stereocenters. The molecule has 0 spiro atoms. The molecule has 0 amide bonds. The average Bonchev–Trinajstić information content (AvgIpc) is 2.45. The molecular formula is C16H25BrN2O2. The maximum Gasteiger partial charge on any atom is 0.0980 e. The number of aliphatic hydroxyl groups excluding tert-OH is 1. The Balaban J connectivity index is 2.18. The third kappa shape index (κ3) is 4.95. The van der Waals surface area contributed by atoms with E-state index in [1.54, 1.807) is 0 Å². The van der Waals surface area contributed by atoms with E-state index in [2.05, 4.69) is 65.1 Å². The second-order valence-corrected chi connectivity index (χ2v) is 7.41. The van der Waals surface area contributed by atoms with Gasteiger partial charge in [0, 0.05) is 35.3 Å². The molecule has 0 saturated carbocycles. The van der Waals surface area contributed by atoms with Crippen molar-refractivity contribution in [1.82, 2.24) is 5.32 Å². The molecule has 21 heavy (non-hydrogen) atoms. The fraction of sp³-hybridized carbons (Fsp3) is 0.625. The summed E-state index contributed by atoms with van der Waals surface area (Å²) >= 11 is 3.56. The van der Waals surface area contributed by atoms with E-state index < -0.39 is 0 Å². The van der Waals surface area contributed by atoms with E-state index in [-0.39, 0.29) is 18.2 Å². The first-order valence-electron chi connectivity index (χ1n) is 7.40. The summed E-state index contributed by atoms with van der Waals surface area (Å²) in [5.74, 6) is 0. The smallest absolute Gasteiger partial charge is 0.0980 e. The Bertz CT molecular complexity index is 474. The number of hydrogen-bond donors (Lipinski definition) is 2. The summed E-state index contributed by atoms with van der Waals surface area (Å²) in [4.78, 5) is 2.30. The zero-order chi connectivity index (χ0) is 15.5. The molecule has 4 nitrogen and oxygen atoms in total. The van der Waals surface area contributed by atoms with Crippen LogP contribution < -0.4 is 10.2 Å². The lowest BCUT2D eigenvalue weighted by Gasteiger charge is -2.35. The summed E-state index contributed by atoms with van der Waals surface area (Å²) in [6, 6.07) is 6.38. The molecule has 1 unspecified atom stereocenters. The zero-order valence-electron chi connectivity index (χ0n) is 13.0. The Hall–Kier alpha value is -0.620. The third-order valence-electron chi connectivity index (χ3n) is 3.54. The Morgan fingerprint density at radius 3 is 2.86 bits per heavy atom. The second kappa shape index (κ2) is 7.09.